The number of amides is 1. The second kappa shape index (κ2) is 7.14. The molecule has 0 aromatic carbocycles. The van der Waals surface area contributed by atoms with Gasteiger partial charge in [-0.2, -0.15) is 0 Å². The smallest absolute Gasteiger partial charge is 0.326 e. The van der Waals surface area contributed by atoms with E-state index in [4.69, 9.17) is 4.98 Å². The molecular weight excluding hydrogens is 372 g/mol. The molecule has 1 aliphatic heterocycles. The molecule has 2 unspecified atom stereocenters. The summed E-state index contributed by atoms with van der Waals surface area (Å²) in [5.41, 5.74) is 2.75. The monoisotopic (exact) mass is 400 g/mol. The Morgan fingerprint density at radius 1 is 1.21 bits per heavy atom. The predicted octanol–water partition coefficient (Wildman–Crippen LogP) is 4.53. The van der Waals surface area contributed by atoms with Gasteiger partial charge in [-0.3, -0.25) is 4.79 Å². The molecule has 28 heavy (non-hydrogen) atoms. The van der Waals surface area contributed by atoms with Crippen molar-refractivity contribution in [2.24, 2.45) is 11.3 Å². The van der Waals surface area contributed by atoms with Crippen LogP contribution in [-0.2, 0) is 17.6 Å². The van der Waals surface area contributed by atoms with Gasteiger partial charge in [-0.15, -0.1) is 11.3 Å². The van der Waals surface area contributed by atoms with E-state index < -0.39 is 12.0 Å². The van der Waals surface area contributed by atoms with Crippen molar-refractivity contribution in [1.29, 1.82) is 0 Å². The number of carbonyl (C=O) groups is 2. The number of carboxylic acid groups (broad SMARTS) is 1. The van der Waals surface area contributed by atoms with Crippen LogP contribution in [0.4, 0.5) is 0 Å². The SMILES string of the molecule is CC(C)(C)C1CCc2nc3sc(C(=O)N4CCCCC4C(=O)O)cc3cc2C1. The van der Waals surface area contributed by atoms with Crippen LogP contribution in [0, 0.1) is 11.3 Å². The van der Waals surface area contributed by atoms with Crippen molar-refractivity contribution >= 4 is 33.4 Å². The Labute approximate surface area is 169 Å². The molecule has 0 saturated carbocycles. The Hall–Kier alpha value is -1.95. The van der Waals surface area contributed by atoms with Gasteiger partial charge in [0.15, 0.2) is 0 Å². The first-order chi connectivity index (χ1) is 13.2. The van der Waals surface area contributed by atoms with E-state index in [1.807, 2.05) is 6.07 Å². The molecule has 1 saturated heterocycles. The Balaban J connectivity index is 1.63. The predicted molar refractivity (Wildman–Crippen MR) is 111 cm³/mol. The highest BCUT2D eigenvalue weighted by molar-refractivity contribution is 7.20. The number of piperidine rings is 1. The number of hydrogen-bond donors (Lipinski definition) is 1. The summed E-state index contributed by atoms with van der Waals surface area (Å²) in [5, 5.41) is 10.5. The zero-order valence-corrected chi connectivity index (χ0v) is 17.6. The number of fused-ring (bicyclic) bond motifs is 2. The maximum absolute atomic E-state index is 13.0. The first kappa shape index (κ1) is 19.4. The highest BCUT2D eigenvalue weighted by Crippen LogP contribution is 2.38. The molecule has 0 spiro atoms. The zero-order chi connectivity index (χ0) is 20.1. The molecule has 2 aromatic rings. The van der Waals surface area contributed by atoms with Crippen molar-refractivity contribution in [2.45, 2.75) is 65.3 Å². The second-order valence-corrected chi connectivity index (χ2v) is 10.3. The highest BCUT2D eigenvalue weighted by Gasteiger charge is 2.34. The van der Waals surface area contributed by atoms with E-state index in [0.717, 1.165) is 48.0 Å². The number of rotatable bonds is 2. The molecule has 2 atom stereocenters. The van der Waals surface area contributed by atoms with Gasteiger partial charge >= 0.3 is 5.97 Å². The number of pyridine rings is 1. The van der Waals surface area contributed by atoms with Gasteiger partial charge in [0, 0.05) is 17.6 Å². The van der Waals surface area contributed by atoms with Crippen molar-refractivity contribution < 1.29 is 14.7 Å². The van der Waals surface area contributed by atoms with Crippen molar-refractivity contribution in [3.05, 3.63) is 28.3 Å². The summed E-state index contributed by atoms with van der Waals surface area (Å²) < 4.78 is 0. The third-order valence-electron chi connectivity index (χ3n) is 6.36. The van der Waals surface area contributed by atoms with Gasteiger partial charge in [0.25, 0.3) is 5.91 Å². The lowest BCUT2D eigenvalue weighted by molar-refractivity contribution is -0.143. The Morgan fingerprint density at radius 2 is 2.00 bits per heavy atom. The average molecular weight is 401 g/mol. The Bertz CT molecular complexity index is 928. The number of thiophene rings is 1. The number of carboxylic acids is 1. The van der Waals surface area contributed by atoms with E-state index >= 15 is 0 Å². The van der Waals surface area contributed by atoms with E-state index in [9.17, 15) is 14.7 Å². The molecule has 1 N–H and O–H groups in total. The molecule has 0 bridgehead atoms. The van der Waals surface area contributed by atoms with Crippen LogP contribution in [0.3, 0.4) is 0 Å². The molecule has 2 aromatic heterocycles. The molecule has 4 rings (SSSR count). The third kappa shape index (κ3) is 3.54. The van der Waals surface area contributed by atoms with E-state index in [1.54, 1.807) is 0 Å². The maximum atomic E-state index is 13.0. The van der Waals surface area contributed by atoms with Crippen LogP contribution in [-0.4, -0.2) is 39.5 Å². The molecule has 3 heterocycles. The molecule has 6 heteroatoms. The molecule has 1 aliphatic carbocycles. The molecule has 2 aliphatic rings. The molecule has 150 valence electrons. The van der Waals surface area contributed by atoms with Crippen LogP contribution in [0.2, 0.25) is 0 Å². The zero-order valence-electron chi connectivity index (χ0n) is 16.8. The summed E-state index contributed by atoms with van der Waals surface area (Å²) in [6.45, 7) is 7.41. The van der Waals surface area contributed by atoms with Crippen LogP contribution in [0.15, 0.2) is 12.1 Å². The van der Waals surface area contributed by atoms with E-state index in [2.05, 4.69) is 26.8 Å². The second-order valence-electron chi connectivity index (χ2n) is 9.25. The van der Waals surface area contributed by atoms with Crippen LogP contribution in [0.5, 0.6) is 0 Å². The topological polar surface area (TPSA) is 70.5 Å². The summed E-state index contributed by atoms with van der Waals surface area (Å²) in [4.78, 5) is 32.5. The van der Waals surface area contributed by atoms with E-state index in [0.29, 0.717) is 23.8 Å². The van der Waals surface area contributed by atoms with Gasteiger partial charge in [-0.25, -0.2) is 9.78 Å². The van der Waals surface area contributed by atoms with Gasteiger partial charge in [-0.1, -0.05) is 20.8 Å². The van der Waals surface area contributed by atoms with E-state index in [1.165, 1.54) is 21.8 Å². The maximum Gasteiger partial charge on any atom is 0.326 e. The largest absolute Gasteiger partial charge is 0.480 e. The lowest BCUT2D eigenvalue weighted by Gasteiger charge is -2.34. The number of aryl methyl sites for hydroxylation is 1. The van der Waals surface area contributed by atoms with Crippen LogP contribution >= 0.6 is 11.3 Å². The number of hydrogen-bond acceptors (Lipinski definition) is 4. The number of carbonyl (C=O) groups excluding carboxylic acids is 1. The molecular formula is C22H28N2O3S. The first-order valence-electron chi connectivity index (χ1n) is 10.2. The standard InChI is InChI=1S/C22H28N2O3S/c1-22(2,3)15-7-8-16-13(11-15)10-14-12-18(28-19(14)23-16)20(25)24-9-5-4-6-17(24)21(26)27/h10,12,15,17H,4-9,11H2,1-3H3,(H,26,27). The summed E-state index contributed by atoms with van der Waals surface area (Å²) in [5.74, 6) is -0.430. The number of aliphatic carboxylic acids is 1. The van der Waals surface area contributed by atoms with Gasteiger partial charge in [-0.05, 0) is 67.6 Å². The number of nitrogens with zero attached hydrogens (tertiary/aromatic N) is 2. The fraction of sp³-hybridized carbons (Fsp3) is 0.591. The van der Waals surface area contributed by atoms with Gasteiger partial charge in [0.2, 0.25) is 0 Å². The summed E-state index contributed by atoms with van der Waals surface area (Å²) in [7, 11) is 0. The lowest BCUT2D eigenvalue weighted by Crippen LogP contribution is -2.47. The third-order valence-corrected chi connectivity index (χ3v) is 7.39. The minimum absolute atomic E-state index is 0.166. The minimum atomic E-state index is -0.907. The summed E-state index contributed by atoms with van der Waals surface area (Å²) >= 11 is 1.40. The first-order valence-corrected chi connectivity index (χ1v) is 11.0. The van der Waals surface area contributed by atoms with Crippen molar-refractivity contribution in [3.63, 3.8) is 0 Å². The molecule has 0 radical (unpaired) electrons. The number of likely N-dealkylation sites (tertiary alicyclic amines) is 1. The van der Waals surface area contributed by atoms with Crippen molar-refractivity contribution in [1.82, 2.24) is 9.88 Å². The van der Waals surface area contributed by atoms with Crippen molar-refractivity contribution in [3.8, 4) is 0 Å². The fourth-order valence-electron chi connectivity index (χ4n) is 4.54. The highest BCUT2D eigenvalue weighted by atomic mass is 32.1. The number of aromatic nitrogens is 1. The van der Waals surface area contributed by atoms with Gasteiger partial charge in [0.1, 0.15) is 10.9 Å². The van der Waals surface area contributed by atoms with Gasteiger partial charge in [0.05, 0.1) is 4.88 Å². The summed E-state index contributed by atoms with van der Waals surface area (Å²) in [6, 6.07) is 3.40. The van der Waals surface area contributed by atoms with Crippen LogP contribution < -0.4 is 0 Å². The van der Waals surface area contributed by atoms with Crippen LogP contribution in [0.25, 0.3) is 10.2 Å². The molecule has 5 nitrogen and oxygen atoms in total. The molecule has 1 amide bonds. The summed E-state index contributed by atoms with van der Waals surface area (Å²) in [6.07, 6.45) is 5.43. The Morgan fingerprint density at radius 3 is 2.71 bits per heavy atom. The normalized spacial score (nSPS) is 22.9. The average Bonchev–Trinajstić information content (AvgIpc) is 3.07. The molecule has 1 fully saturated rings. The van der Waals surface area contributed by atoms with Crippen molar-refractivity contribution in [2.75, 3.05) is 6.54 Å². The Kier molecular flexibility index (Phi) is 4.94. The van der Waals surface area contributed by atoms with Gasteiger partial charge < -0.3 is 10.0 Å². The van der Waals surface area contributed by atoms with E-state index in [-0.39, 0.29) is 11.3 Å². The quantitative estimate of drug-likeness (QED) is 0.804. The minimum Gasteiger partial charge on any atom is -0.480 e. The lowest BCUT2D eigenvalue weighted by atomic mass is 9.71. The van der Waals surface area contributed by atoms with Crippen LogP contribution in [0.1, 0.15) is 67.4 Å². The fourth-order valence-corrected chi connectivity index (χ4v) is 5.53.